The van der Waals surface area contributed by atoms with Crippen LogP contribution >= 0.6 is 0 Å². The fourth-order valence-corrected chi connectivity index (χ4v) is 5.74. The van der Waals surface area contributed by atoms with E-state index in [0.717, 1.165) is 35.2 Å². The van der Waals surface area contributed by atoms with E-state index in [2.05, 4.69) is 15.2 Å². The molecule has 1 fully saturated rings. The number of aromatic nitrogens is 4. The van der Waals surface area contributed by atoms with Crippen molar-refractivity contribution in [2.75, 3.05) is 13.1 Å². The fourth-order valence-electron chi connectivity index (χ4n) is 4.21. The standard InChI is InChI=1S/C24H25N5O3S/c1-17-8-10-21(11-9-17)33(30,31)29-14-4-7-20(16-29)24-26-23(27-32-24)19-6-3-5-18(15-19)22-12-13-25-28(22)2/h3,5-6,8-13,15,20H,4,7,14,16H2,1-2H3/t20-/m1/s1. The number of hydrogen-bond acceptors (Lipinski definition) is 6. The molecule has 0 saturated carbocycles. The molecule has 1 saturated heterocycles. The topological polar surface area (TPSA) is 94.1 Å². The molecule has 0 N–H and O–H groups in total. The molecule has 1 aliphatic heterocycles. The van der Waals surface area contributed by atoms with E-state index in [1.165, 1.54) is 4.31 Å². The van der Waals surface area contributed by atoms with E-state index in [4.69, 9.17) is 4.52 Å². The molecule has 170 valence electrons. The van der Waals surface area contributed by atoms with Crippen LogP contribution in [0.2, 0.25) is 0 Å². The van der Waals surface area contributed by atoms with Gasteiger partial charge in [-0.3, -0.25) is 4.68 Å². The van der Waals surface area contributed by atoms with Gasteiger partial charge < -0.3 is 4.52 Å². The van der Waals surface area contributed by atoms with Crippen molar-refractivity contribution >= 4 is 10.0 Å². The second kappa shape index (κ2) is 8.57. The zero-order chi connectivity index (χ0) is 23.0. The van der Waals surface area contributed by atoms with Crippen LogP contribution in [-0.4, -0.2) is 45.7 Å². The lowest BCUT2D eigenvalue weighted by Crippen LogP contribution is -2.39. The minimum atomic E-state index is -3.56. The number of piperidine rings is 1. The van der Waals surface area contributed by atoms with Crippen LogP contribution in [0.3, 0.4) is 0 Å². The first-order valence-corrected chi connectivity index (χ1v) is 12.3. The predicted octanol–water partition coefficient (Wildman–Crippen LogP) is 4.01. The zero-order valence-corrected chi connectivity index (χ0v) is 19.4. The highest BCUT2D eigenvalue weighted by atomic mass is 32.2. The number of benzene rings is 2. The highest BCUT2D eigenvalue weighted by Gasteiger charge is 2.33. The summed E-state index contributed by atoms with van der Waals surface area (Å²) in [5.74, 6) is 0.827. The molecule has 3 heterocycles. The molecule has 8 nitrogen and oxygen atoms in total. The maximum Gasteiger partial charge on any atom is 0.243 e. The lowest BCUT2D eigenvalue weighted by atomic mass is 10.00. The largest absolute Gasteiger partial charge is 0.339 e. The van der Waals surface area contributed by atoms with Crippen LogP contribution in [0.25, 0.3) is 22.6 Å². The van der Waals surface area contributed by atoms with Crippen molar-refractivity contribution in [2.24, 2.45) is 7.05 Å². The summed E-state index contributed by atoms with van der Waals surface area (Å²) in [7, 11) is -1.67. The van der Waals surface area contributed by atoms with Gasteiger partial charge in [-0.05, 0) is 44.0 Å². The Hall–Kier alpha value is -3.30. The SMILES string of the molecule is Cc1ccc(S(=O)(=O)N2CCC[C@@H](c3nc(-c4cccc(-c5ccnn5C)c4)no3)C2)cc1. The monoisotopic (exact) mass is 463 g/mol. The van der Waals surface area contributed by atoms with E-state index < -0.39 is 10.0 Å². The molecule has 0 unspecified atom stereocenters. The summed E-state index contributed by atoms with van der Waals surface area (Å²) in [4.78, 5) is 4.94. The second-order valence-electron chi connectivity index (χ2n) is 8.39. The third-order valence-corrected chi connectivity index (χ3v) is 7.95. The van der Waals surface area contributed by atoms with E-state index in [1.54, 1.807) is 18.3 Å². The molecule has 2 aromatic carbocycles. The van der Waals surface area contributed by atoms with Gasteiger partial charge in [0.15, 0.2) is 0 Å². The van der Waals surface area contributed by atoms with E-state index in [-0.39, 0.29) is 5.92 Å². The van der Waals surface area contributed by atoms with Crippen molar-refractivity contribution in [1.82, 2.24) is 24.2 Å². The van der Waals surface area contributed by atoms with Gasteiger partial charge in [0, 0.05) is 37.5 Å². The molecule has 9 heteroatoms. The van der Waals surface area contributed by atoms with Gasteiger partial charge in [0.05, 0.1) is 16.5 Å². The summed E-state index contributed by atoms with van der Waals surface area (Å²) in [5, 5.41) is 8.41. The van der Waals surface area contributed by atoms with Crippen molar-refractivity contribution in [3.63, 3.8) is 0 Å². The maximum absolute atomic E-state index is 13.1. The smallest absolute Gasteiger partial charge is 0.243 e. The Bertz CT molecular complexity index is 1380. The lowest BCUT2D eigenvalue weighted by molar-refractivity contribution is 0.265. The van der Waals surface area contributed by atoms with Gasteiger partial charge >= 0.3 is 0 Å². The molecule has 0 aliphatic carbocycles. The number of aryl methyl sites for hydroxylation is 2. The summed E-state index contributed by atoms with van der Waals surface area (Å²) in [6.45, 7) is 2.75. The van der Waals surface area contributed by atoms with Gasteiger partial charge in [-0.1, -0.05) is 41.1 Å². The van der Waals surface area contributed by atoms with Crippen LogP contribution < -0.4 is 0 Å². The average Bonchev–Trinajstić information content (AvgIpc) is 3.49. The Morgan fingerprint density at radius 3 is 2.61 bits per heavy atom. The molecule has 1 atom stereocenters. The van der Waals surface area contributed by atoms with Crippen molar-refractivity contribution < 1.29 is 12.9 Å². The minimum Gasteiger partial charge on any atom is -0.339 e. The number of hydrogen-bond donors (Lipinski definition) is 0. The average molecular weight is 464 g/mol. The van der Waals surface area contributed by atoms with E-state index >= 15 is 0 Å². The first kappa shape index (κ1) is 21.5. The predicted molar refractivity (Wildman–Crippen MR) is 124 cm³/mol. The van der Waals surface area contributed by atoms with Gasteiger partial charge in [0.2, 0.25) is 21.7 Å². The molecule has 4 aromatic rings. The molecular formula is C24H25N5O3S. The Morgan fingerprint density at radius 1 is 1.06 bits per heavy atom. The van der Waals surface area contributed by atoms with Gasteiger partial charge in [-0.2, -0.15) is 14.4 Å². The summed E-state index contributed by atoms with van der Waals surface area (Å²) in [5.41, 5.74) is 3.86. The summed E-state index contributed by atoms with van der Waals surface area (Å²) in [6.07, 6.45) is 3.30. The molecular weight excluding hydrogens is 438 g/mol. The van der Waals surface area contributed by atoms with Crippen LogP contribution in [0.1, 0.15) is 30.2 Å². The summed E-state index contributed by atoms with van der Waals surface area (Å²) in [6, 6.07) is 16.8. The molecule has 0 radical (unpaired) electrons. The summed E-state index contributed by atoms with van der Waals surface area (Å²) >= 11 is 0. The maximum atomic E-state index is 13.1. The normalized spacial score (nSPS) is 17.3. The first-order valence-electron chi connectivity index (χ1n) is 10.9. The van der Waals surface area contributed by atoms with E-state index in [9.17, 15) is 8.42 Å². The molecule has 33 heavy (non-hydrogen) atoms. The second-order valence-corrected chi connectivity index (χ2v) is 10.3. The van der Waals surface area contributed by atoms with Crippen molar-refractivity contribution in [2.45, 2.75) is 30.6 Å². The molecule has 0 amide bonds. The van der Waals surface area contributed by atoms with E-state index in [0.29, 0.717) is 29.7 Å². The van der Waals surface area contributed by atoms with Gasteiger partial charge in [-0.25, -0.2) is 8.42 Å². The van der Waals surface area contributed by atoms with Gasteiger partial charge in [0.25, 0.3) is 0 Å². The Labute approximate surface area is 192 Å². The Balaban J connectivity index is 1.37. The Kier molecular flexibility index (Phi) is 5.59. The third kappa shape index (κ3) is 4.21. The van der Waals surface area contributed by atoms with Gasteiger partial charge in [-0.15, -0.1) is 0 Å². The van der Waals surface area contributed by atoms with Crippen LogP contribution in [0.15, 0.2) is 70.2 Å². The number of sulfonamides is 1. The molecule has 0 spiro atoms. The quantitative estimate of drug-likeness (QED) is 0.444. The molecule has 5 rings (SSSR count). The molecule has 2 aromatic heterocycles. The lowest BCUT2D eigenvalue weighted by Gasteiger charge is -2.30. The van der Waals surface area contributed by atoms with Crippen molar-refractivity contribution in [3.8, 4) is 22.6 Å². The highest BCUT2D eigenvalue weighted by molar-refractivity contribution is 7.89. The van der Waals surface area contributed by atoms with Gasteiger partial charge in [0.1, 0.15) is 0 Å². The summed E-state index contributed by atoms with van der Waals surface area (Å²) < 4.78 is 35.2. The molecule has 0 bridgehead atoms. The van der Waals surface area contributed by atoms with Crippen LogP contribution in [-0.2, 0) is 17.1 Å². The third-order valence-electron chi connectivity index (χ3n) is 6.07. The van der Waals surface area contributed by atoms with E-state index in [1.807, 2.05) is 61.1 Å². The number of rotatable bonds is 5. The highest BCUT2D eigenvalue weighted by Crippen LogP contribution is 2.31. The first-order chi connectivity index (χ1) is 15.9. The van der Waals surface area contributed by atoms with Crippen LogP contribution in [0, 0.1) is 6.92 Å². The number of nitrogens with zero attached hydrogens (tertiary/aromatic N) is 5. The van der Waals surface area contributed by atoms with Crippen molar-refractivity contribution in [3.05, 3.63) is 72.2 Å². The minimum absolute atomic E-state index is 0.138. The zero-order valence-electron chi connectivity index (χ0n) is 18.5. The molecule has 1 aliphatic rings. The van der Waals surface area contributed by atoms with Crippen LogP contribution in [0.4, 0.5) is 0 Å². The van der Waals surface area contributed by atoms with Crippen molar-refractivity contribution in [1.29, 1.82) is 0 Å². The van der Waals surface area contributed by atoms with Crippen LogP contribution in [0.5, 0.6) is 0 Å². The fraction of sp³-hybridized carbons (Fsp3) is 0.292. The Morgan fingerprint density at radius 2 is 1.85 bits per heavy atom.